The summed E-state index contributed by atoms with van der Waals surface area (Å²) in [4.78, 5) is 24.6. The van der Waals surface area contributed by atoms with Crippen molar-refractivity contribution < 1.29 is 19.1 Å². The number of nitrogens with zero attached hydrogens (tertiary/aromatic N) is 1. The number of hydrogen-bond acceptors (Lipinski definition) is 5. The van der Waals surface area contributed by atoms with Crippen molar-refractivity contribution >= 4 is 11.9 Å². The quantitative estimate of drug-likeness (QED) is 0.478. The molecular formula is C11H20N2O4. The monoisotopic (exact) mass is 244 g/mol. The van der Waals surface area contributed by atoms with E-state index in [9.17, 15) is 9.59 Å². The van der Waals surface area contributed by atoms with Crippen LogP contribution >= 0.6 is 0 Å². The van der Waals surface area contributed by atoms with Crippen LogP contribution in [0.15, 0.2) is 0 Å². The van der Waals surface area contributed by atoms with Crippen LogP contribution < -0.4 is 5.32 Å². The lowest BCUT2D eigenvalue weighted by Gasteiger charge is -2.38. The van der Waals surface area contributed by atoms with E-state index in [0.29, 0.717) is 26.1 Å². The Kier molecular flexibility index (Phi) is 5.93. The molecule has 0 bridgehead atoms. The molecule has 0 aromatic carbocycles. The molecular weight excluding hydrogens is 224 g/mol. The van der Waals surface area contributed by atoms with Crippen molar-refractivity contribution in [3.05, 3.63) is 0 Å². The van der Waals surface area contributed by atoms with Crippen molar-refractivity contribution in [3.63, 3.8) is 0 Å². The second-order valence-electron chi connectivity index (χ2n) is 3.96. The Morgan fingerprint density at radius 2 is 2.18 bits per heavy atom. The van der Waals surface area contributed by atoms with Crippen LogP contribution in [0.1, 0.15) is 12.8 Å². The summed E-state index contributed by atoms with van der Waals surface area (Å²) in [7, 11) is 2.98. The molecule has 1 atom stereocenters. The van der Waals surface area contributed by atoms with Crippen LogP contribution in [0.25, 0.3) is 0 Å². The zero-order valence-corrected chi connectivity index (χ0v) is 10.4. The Hall–Kier alpha value is -1.14. The fraction of sp³-hybridized carbons (Fsp3) is 0.818. The molecule has 1 heterocycles. The highest BCUT2D eigenvalue weighted by Crippen LogP contribution is 2.18. The number of rotatable bonds is 7. The number of likely N-dealkylation sites (tertiary alicyclic amines) is 1. The summed E-state index contributed by atoms with van der Waals surface area (Å²) in [5.74, 6) is -0.228. The highest BCUT2D eigenvalue weighted by Gasteiger charge is 2.34. The Morgan fingerprint density at radius 3 is 2.71 bits per heavy atom. The molecule has 1 fully saturated rings. The van der Waals surface area contributed by atoms with Gasteiger partial charge in [0.2, 0.25) is 5.91 Å². The topological polar surface area (TPSA) is 67.9 Å². The molecule has 6 nitrogen and oxygen atoms in total. The molecule has 0 aliphatic carbocycles. The van der Waals surface area contributed by atoms with Crippen LogP contribution in [0.3, 0.4) is 0 Å². The van der Waals surface area contributed by atoms with Gasteiger partial charge in [0.05, 0.1) is 13.7 Å². The number of carbonyl (C=O) groups excluding carboxylic acids is 2. The predicted molar refractivity (Wildman–Crippen MR) is 61.5 cm³/mol. The smallest absolute Gasteiger partial charge is 0.323 e. The Balaban J connectivity index is 2.14. The van der Waals surface area contributed by atoms with Gasteiger partial charge in [-0.1, -0.05) is 0 Å². The number of carbonyl (C=O) groups is 2. The molecule has 0 saturated carbocycles. The molecule has 1 amide bonds. The van der Waals surface area contributed by atoms with Crippen LogP contribution in [0.5, 0.6) is 0 Å². The summed E-state index contributed by atoms with van der Waals surface area (Å²) in [5.41, 5.74) is 0. The van der Waals surface area contributed by atoms with Gasteiger partial charge in [-0.05, 0) is 6.42 Å². The lowest BCUT2D eigenvalue weighted by Crippen LogP contribution is -2.53. The van der Waals surface area contributed by atoms with Crippen molar-refractivity contribution in [2.45, 2.75) is 18.9 Å². The number of amides is 1. The first-order chi connectivity index (χ1) is 8.19. The minimum Gasteiger partial charge on any atom is -0.468 e. The molecule has 1 N–H and O–H groups in total. The fourth-order valence-electron chi connectivity index (χ4n) is 1.74. The van der Waals surface area contributed by atoms with Crippen molar-refractivity contribution in [1.29, 1.82) is 0 Å². The molecule has 0 radical (unpaired) electrons. The van der Waals surface area contributed by atoms with Gasteiger partial charge in [-0.2, -0.15) is 0 Å². The van der Waals surface area contributed by atoms with Crippen LogP contribution in [-0.2, 0) is 19.1 Å². The van der Waals surface area contributed by atoms with E-state index in [1.165, 1.54) is 7.11 Å². The van der Waals surface area contributed by atoms with E-state index in [-0.39, 0.29) is 17.9 Å². The molecule has 6 heteroatoms. The summed E-state index contributed by atoms with van der Waals surface area (Å²) < 4.78 is 9.50. The maximum absolute atomic E-state index is 11.4. The molecule has 1 saturated heterocycles. The van der Waals surface area contributed by atoms with Gasteiger partial charge in [-0.25, -0.2) is 0 Å². The van der Waals surface area contributed by atoms with Crippen LogP contribution in [0.2, 0.25) is 0 Å². The summed E-state index contributed by atoms with van der Waals surface area (Å²) in [6.07, 6.45) is 1.22. The summed E-state index contributed by atoms with van der Waals surface area (Å²) in [5, 5.41) is 2.74. The summed E-state index contributed by atoms with van der Waals surface area (Å²) in [6, 6.07) is -0.160. The minimum absolute atomic E-state index is 0.0161. The van der Waals surface area contributed by atoms with Crippen molar-refractivity contribution in [2.75, 3.05) is 40.5 Å². The van der Waals surface area contributed by atoms with Crippen molar-refractivity contribution in [1.82, 2.24) is 10.2 Å². The first kappa shape index (κ1) is 13.9. The Labute approximate surface area is 101 Å². The van der Waals surface area contributed by atoms with Crippen molar-refractivity contribution in [3.8, 4) is 0 Å². The number of esters is 1. The number of nitrogens with one attached hydrogen (secondary N) is 1. The molecule has 98 valence electrons. The Bertz CT molecular complexity index is 270. The van der Waals surface area contributed by atoms with E-state index >= 15 is 0 Å². The lowest BCUT2D eigenvalue weighted by atomic mass is 10.0. The van der Waals surface area contributed by atoms with Gasteiger partial charge in [-0.15, -0.1) is 0 Å². The third-order valence-electron chi connectivity index (χ3n) is 2.86. The van der Waals surface area contributed by atoms with E-state index in [1.54, 1.807) is 7.11 Å². The van der Waals surface area contributed by atoms with E-state index in [2.05, 4.69) is 10.1 Å². The SMILES string of the molecule is COCCNC(=O)CCN1CCC1C(=O)OC. The largest absolute Gasteiger partial charge is 0.468 e. The van der Waals surface area contributed by atoms with Gasteiger partial charge >= 0.3 is 5.97 Å². The van der Waals surface area contributed by atoms with Gasteiger partial charge in [0.1, 0.15) is 6.04 Å². The minimum atomic E-state index is -0.212. The van der Waals surface area contributed by atoms with Gasteiger partial charge in [0.25, 0.3) is 0 Å². The highest BCUT2D eigenvalue weighted by atomic mass is 16.5. The molecule has 1 rings (SSSR count). The van der Waals surface area contributed by atoms with Gasteiger partial charge in [0.15, 0.2) is 0 Å². The van der Waals surface area contributed by atoms with Crippen LogP contribution in [0, 0.1) is 0 Å². The van der Waals surface area contributed by atoms with Crippen LogP contribution in [-0.4, -0.2) is 63.3 Å². The average Bonchev–Trinajstić information content (AvgIpc) is 2.28. The molecule has 17 heavy (non-hydrogen) atoms. The second-order valence-corrected chi connectivity index (χ2v) is 3.96. The third-order valence-corrected chi connectivity index (χ3v) is 2.86. The number of hydrogen-bond donors (Lipinski definition) is 1. The fourth-order valence-corrected chi connectivity index (χ4v) is 1.74. The van der Waals surface area contributed by atoms with E-state index in [4.69, 9.17) is 4.74 Å². The molecule has 0 spiro atoms. The predicted octanol–water partition coefficient (Wildman–Crippen LogP) is -0.614. The average molecular weight is 244 g/mol. The number of methoxy groups -OCH3 is 2. The van der Waals surface area contributed by atoms with E-state index < -0.39 is 0 Å². The van der Waals surface area contributed by atoms with Crippen LogP contribution in [0.4, 0.5) is 0 Å². The summed E-state index contributed by atoms with van der Waals surface area (Å²) >= 11 is 0. The van der Waals surface area contributed by atoms with Gasteiger partial charge in [-0.3, -0.25) is 14.5 Å². The first-order valence-electron chi connectivity index (χ1n) is 5.76. The molecule has 1 unspecified atom stereocenters. The third kappa shape index (κ3) is 4.32. The maximum atomic E-state index is 11.4. The van der Waals surface area contributed by atoms with E-state index in [1.807, 2.05) is 4.90 Å². The van der Waals surface area contributed by atoms with Gasteiger partial charge in [0, 0.05) is 33.2 Å². The standard InChI is InChI=1S/C11H20N2O4/c1-16-8-5-12-10(14)4-7-13-6-3-9(13)11(15)17-2/h9H,3-8H2,1-2H3,(H,12,14). The first-order valence-corrected chi connectivity index (χ1v) is 5.76. The lowest BCUT2D eigenvalue weighted by molar-refractivity contribution is -0.152. The maximum Gasteiger partial charge on any atom is 0.323 e. The Morgan fingerprint density at radius 1 is 1.41 bits per heavy atom. The summed E-state index contributed by atoms with van der Waals surface area (Å²) in [6.45, 7) is 2.49. The van der Waals surface area contributed by atoms with E-state index in [0.717, 1.165) is 13.0 Å². The number of ether oxygens (including phenoxy) is 2. The zero-order chi connectivity index (χ0) is 12.7. The van der Waals surface area contributed by atoms with Crippen molar-refractivity contribution in [2.24, 2.45) is 0 Å². The normalized spacial score (nSPS) is 19.5. The zero-order valence-electron chi connectivity index (χ0n) is 10.4. The second kappa shape index (κ2) is 7.24. The molecule has 0 aromatic rings. The highest BCUT2D eigenvalue weighted by molar-refractivity contribution is 5.78. The molecule has 1 aliphatic rings. The van der Waals surface area contributed by atoms with Gasteiger partial charge < -0.3 is 14.8 Å². The molecule has 1 aliphatic heterocycles. The molecule has 0 aromatic heterocycles.